The predicted molar refractivity (Wildman–Crippen MR) is 152 cm³/mol. The molecule has 3 saturated carbocycles. The van der Waals surface area contributed by atoms with Crippen LogP contribution in [0.4, 0.5) is 0 Å². The van der Waals surface area contributed by atoms with E-state index in [9.17, 15) is 0 Å². The van der Waals surface area contributed by atoms with E-state index in [0.29, 0.717) is 10.8 Å². The molecular formula is C35H54. The highest BCUT2D eigenvalue weighted by Crippen LogP contribution is 2.67. The van der Waals surface area contributed by atoms with Gasteiger partial charge in [-0.05, 0) is 116 Å². The van der Waals surface area contributed by atoms with Crippen LogP contribution < -0.4 is 0 Å². The third-order valence-corrected chi connectivity index (χ3v) is 11.3. The van der Waals surface area contributed by atoms with Crippen molar-refractivity contribution in [1.29, 1.82) is 0 Å². The SMILES string of the molecule is CCCC1=C[CH]1.[CH]=C=C1CC[C@@]2(C)C(=CC[C@H]3[C@@H]4CC[C@H]([C@H](C)CCCC(C)C)[C@@]4(C)CC[C@@H]32)C1. The van der Waals surface area contributed by atoms with Crippen LogP contribution in [0.25, 0.3) is 0 Å². The monoisotopic (exact) mass is 474 g/mol. The molecule has 0 aliphatic heterocycles. The zero-order chi connectivity index (χ0) is 25.2. The molecule has 7 atom stereocenters. The molecule has 0 saturated heterocycles. The van der Waals surface area contributed by atoms with Crippen LogP contribution in [0.3, 0.4) is 0 Å². The average Bonchev–Trinajstić information content (AvgIpc) is 3.57. The fraction of sp³-hybridized carbons (Fsp3) is 0.771. The molecule has 0 heterocycles. The summed E-state index contributed by atoms with van der Waals surface area (Å²) in [7, 11) is 0. The van der Waals surface area contributed by atoms with Gasteiger partial charge in [0.2, 0.25) is 0 Å². The summed E-state index contributed by atoms with van der Waals surface area (Å²) in [6.07, 6.45) is 24.7. The lowest BCUT2D eigenvalue weighted by atomic mass is 9.47. The van der Waals surface area contributed by atoms with Gasteiger partial charge >= 0.3 is 0 Å². The third-order valence-electron chi connectivity index (χ3n) is 11.3. The molecule has 0 aromatic rings. The molecule has 0 heteroatoms. The van der Waals surface area contributed by atoms with Gasteiger partial charge in [0.1, 0.15) is 0 Å². The summed E-state index contributed by atoms with van der Waals surface area (Å²) in [4.78, 5) is 0. The Morgan fingerprint density at radius 1 is 1.06 bits per heavy atom. The molecule has 5 aliphatic rings. The van der Waals surface area contributed by atoms with E-state index in [1.54, 1.807) is 5.57 Å². The minimum absolute atomic E-state index is 0.436. The normalized spacial score (nSPS) is 38.2. The summed E-state index contributed by atoms with van der Waals surface area (Å²) in [5, 5.41) is 0. The first-order valence-corrected chi connectivity index (χ1v) is 15.3. The molecule has 0 N–H and O–H groups in total. The van der Waals surface area contributed by atoms with Crippen LogP contribution in [0.2, 0.25) is 0 Å². The van der Waals surface area contributed by atoms with Crippen molar-refractivity contribution in [2.45, 2.75) is 125 Å². The van der Waals surface area contributed by atoms with Crippen molar-refractivity contribution in [2.75, 3.05) is 0 Å². The predicted octanol–water partition coefficient (Wildman–Crippen LogP) is 10.5. The summed E-state index contributed by atoms with van der Waals surface area (Å²) in [5.41, 5.74) is 8.62. The van der Waals surface area contributed by atoms with Crippen molar-refractivity contribution < 1.29 is 0 Å². The minimum Gasteiger partial charge on any atom is -0.121 e. The van der Waals surface area contributed by atoms with Crippen LogP contribution in [0.15, 0.2) is 34.6 Å². The summed E-state index contributed by atoms with van der Waals surface area (Å²) < 4.78 is 0. The first-order chi connectivity index (χ1) is 16.7. The largest absolute Gasteiger partial charge is 0.121 e. The minimum atomic E-state index is 0.436. The summed E-state index contributed by atoms with van der Waals surface area (Å²) >= 11 is 0. The van der Waals surface area contributed by atoms with Gasteiger partial charge in [-0.3, -0.25) is 0 Å². The molecule has 0 unspecified atom stereocenters. The van der Waals surface area contributed by atoms with Gasteiger partial charge in [0.05, 0.1) is 0 Å². The van der Waals surface area contributed by atoms with Crippen LogP contribution in [0.5, 0.6) is 0 Å². The summed E-state index contributed by atoms with van der Waals surface area (Å²) in [6.45, 7) is 20.6. The van der Waals surface area contributed by atoms with E-state index in [1.807, 2.05) is 0 Å². The highest BCUT2D eigenvalue weighted by Gasteiger charge is 2.58. The lowest BCUT2D eigenvalue weighted by Gasteiger charge is -2.58. The molecule has 2 radical (unpaired) electrons. The zero-order valence-corrected chi connectivity index (χ0v) is 24.0. The second kappa shape index (κ2) is 11.2. The molecule has 5 aliphatic carbocycles. The molecule has 194 valence electrons. The number of allylic oxidation sites excluding steroid dienone is 5. The van der Waals surface area contributed by atoms with Crippen LogP contribution >= 0.6 is 0 Å². The Hall–Kier alpha value is -1.00. The van der Waals surface area contributed by atoms with Gasteiger partial charge in [0.15, 0.2) is 0 Å². The van der Waals surface area contributed by atoms with Crippen molar-refractivity contribution in [3.8, 4) is 0 Å². The van der Waals surface area contributed by atoms with E-state index in [4.69, 9.17) is 6.58 Å². The lowest BCUT2D eigenvalue weighted by molar-refractivity contribution is -0.0481. The van der Waals surface area contributed by atoms with Crippen LogP contribution in [0.1, 0.15) is 125 Å². The Balaban J connectivity index is 0.000000421. The number of hydrogen-bond acceptors (Lipinski definition) is 0. The van der Waals surface area contributed by atoms with E-state index in [0.717, 1.165) is 41.9 Å². The number of rotatable bonds is 7. The fourth-order valence-corrected chi connectivity index (χ4v) is 9.17. The maximum absolute atomic E-state index is 5.77. The van der Waals surface area contributed by atoms with Gasteiger partial charge in [-0.2, -0.15) is 0 Å². The maximum Gasteiger partial charge on any atom is 0.00802 e. The molecule has 0 bridgehead atoms. The first kappa shape index (κ1) is 27.0. The van der Waals surface area contributed by atoms with Crippen molar-refractivity contribution in [2.24, 2.45) is 46.3 Å². The van der Waals surface area contributed by atoms with Crippen molar-refractivity contribution in [3.05, 3.63) is 47.6 Å². The molecule has 0 nitrogen and oxygen atoms in total. The lowest BCUT2D eigenvalue weighted by Crippen LogP contribution is -2.50. The second-order valence-electron chi connectivity index (χ2n) is 13.9. The Labute approximate surface area is 218 Å². The quantitative estimate of drug-likeness (QED) is 0.254. The number of hydrogen-bond donors (Lipinski definition) is 0. The molecule has 0 spiro atoms. The van der Waals surface area contributed by atoms with Crippen LogP contribution in [-0.2, 0) is 0 Å². The van der Waals surface area contributed by atoms with Crippen molar-refractivity contribution in [1.82, 2.24) is 0 Å². The Morgan fingerprint density at radius 2 is 1.83 bits per heavy atom. The fourth-order valence-electron chi connectivity index (χ4n) is 9.17. The van der Waals surface area contributed by atoms with Gasteiger partial charge in [-0.1, -0.05) is 90.5 Å². The Kier molecular flexibility index (Phi) is 8.63. The third kappa shape index (κ3) is 5.64. The summed E-state index contributed by atoms with van der Waals surface area (Å²) in [5.74, 6) is 5.54. The van der Waals surface area contributed by atoms with E-state index in [-0.39, 0.29) is 0 Å². The van der Waals surface area contributed by atoms with Gasteiger partial charge in [-0.15, -0.1) is 5.73 Å². The number of fused-ring (bicyclic) bond motifs is 5. The van der Waals surface area contributed by atoms with E-state index in [2.05, 4.69) is 65.8 Å². The topological polar surface area (TPSA) is 0 Å². The molecule has 0 amide bonds. The van der Waals surface area contributed by atoms with Gasteiger partial charge in [0, 0.05) is 6.42 Å². The zero-order valence-electron chi connectivity index (χ0n) is 24.0. The summed E-state index contributed by atoms with van der Waals surface area (Å²) in [6, 6.07) is 0. The van der Waals surface area contributed by atoms with Crippen LogP contribution in [0, 0.1) is 59.3 Å². The second-order valence-corrected chi connectivity index (χ2v) is 13.9. The van der Waals surface area contributed by atoms with Gasteiger partial charge in [-0.25, -0.2) is 0 Å². The van der Waals surface area contributed by atoms with Gasteiger partial charge < -0.3 is 0 Å². The highest BCUT2D eigenvalue weighted by molar-refractivity contribution is 5.38. The smallest absolute Gasteiger partial charge is 0.00802 e. The first-order valence-electron chi connectivity index (χ1n) is 15.3. The average molecular weight is 475 g/mol. The molecular weight excluding hydrogens is 420 g/mol. The van der Waals surface area contributed by atoms with Gasteiger partial charge in [0.25, 0.3) is 0 Å². The van der Waals surface area contributed by atoms with E-state index in [1.165, 1.54) is 88.2 Å². The highest BCUT2D eigenvalue weighted by atomic mass is 14.6. The van der Waals surface area contributed by atoms with Crippen LogP contribution in [-0.4, -0.2) is 0 Å². The molecule has 35 heavy (non-hydrogen) atoms. The van der Waals surface area contributed by atoms with Crippen molar-refractivity contribution >= 4 is 0 Å². The van der Waals surface area contributed by atoms with E-state index >= 15 is 0 Å². The standard InChI is InChI=1S/C29H45.C6H9/c1-7-22-15-17-28(5)23(19-22)11-12-24-26-14-13-25(21(4)10-8-9-20(2)3)29(26,6)18-16-27(24)28;1-2-3-6-4-5-6/h1,11,20-21,24-27H,8-10,12-19H2,2-6H3;4-5H,2-3H2,1H3/t7?,21-,24+,25-,26+,27+,28+,29-;/m1./s1. The molecule has 0 aromatic carbocycles. The Bertz CT molecular complexity index is 847. The van der Waals surface area contributed by atoms with Crippen molar-refractivity contribution in [3.63, 3.8) is 0 Å². The molecule has 3 fully saturated rings. The molecule has 0 aromatic heterocycles. The van der Waals surface area contributed by atoms with E-state index < -0.39 is 0 Å². The Morgan fingerprint density at radius 3 is 2.46 bits per heavy atom. The maximum atomic E-state index is 5.77. The molecule has 5 rings (SSSR count).